The average Bonchev–Trinajstić information content (AvgIpc) is 3.12. The standard InChI is InChI=1S/C17H25N5O6S2/c1-18-30(25,26)21-9-7-20(8-10-21)13-3-5-14(6-4-13)22-11-15(28-16(22)23)12-27-19(2)17(24)29/h3-6,15,18H,7-12H2,1-2H3,(H,24,29)/t15-/m0/s1. The Labute approximate surface area is 181 Å². The summed E-state index contributed by atoms with van der Waals surface area (Å²) >= 11 is 3.64. The van der Waals surface area contributed by atoms with Gasteiger partial charge in [-0.2, -0.15) is 12.7 Å². The van der Waals surface area contributed by atoms with Gasteiger partial charge in [-0.3, -0.25) is 14.5 Å². The second-order valence-electron chi connectivity index (χ2n) is 6.80. The van der Waals surface area contributed by atoms with Gasteiger partial charge in [0.1, 0.15) is 12.7 Å². The summed E-state index contributed by atoms with van der Waals surface area (Å²) in [5.41, 5.74) is 1.63. The lowest BCUT2D eigenvalue weighted by atomic mass is 10.2. The van der Waals surface area contributed by atoms with Crippen LogP contribution in [0.5, 0.6) is 0 Å². The Morgan fingerprint density at radius 1 is 1.23 bits per heavy atom. The van der Waals surface area contributed by atoms with Crippen LogP contribution in [-0.4, -0.2) is 88.6 Å². The van der Waals surface area contributed by atoms with Gasteiger partial charge < -0.3 is 9.64 Å². The highest BCUT2D eigenvalue weighted by Crippen LogP contribution is 2.26. The third kappa shape index (κ3) is 5.16. The number of amides is 2. The van der Waals surface area contributed by atoms with E-state index in [1.807, 2.05) is 24.3 Å². The summed E-state index contributed by atoms with van der Waals surface area (Å²) in [7, 11) is -0.580. The van der Waals surface area contributed by atoms with Gasteiger partial charge in [-0.15, -0.1) is 0 Å². The number of piperazine rings is 1. The first-order valence-corrected chi connectivity index (χ1v) is 11.2. The van der Waals surface area contributed by atoms with Gasteiger partial charge in [0.2, 0.25) is 0 Å². The highest BCUT2D eigenvalue weighted by atomic mass is 32.2. The minimum absolute atomic E-state index is 0.0446. The molecule has 2 fully saturated rings. The fraction of sp³-hybridized carbons (Fsp3) is 0.529. The lowest BCUT2D eigenvalue weighted by Gasteiger charge is -2.35. The number of ether oxygens (including phenoxy) is 1. The van der Waals surface area contributed by atoms with Crippen molar-refractivity contribution in [2.24, 2.45) is 0 Å². The molecule has 2 amide bonds. The van der Waals surface area contributed by atoms with Gasteiger partial charge in [-0.1, -0.05) is 12.6 Å². The fourth-order valence-electron chi connectivity index (χ4n) is 3.23. The Morgan fingerprint density at radius 2 is 1.83 bits per heavy atom. The molecule has 1 aromatic rings. The smallest absolute Gasteiger partial charge is 0.414 e. The van der Waals surface area contributed by atoms with E-state index in [0.717, 1.165) is 10.8 Å². The molecule has 2 aliphatic heterocycles. The van der Waals surface area contributed by atoms with E-state index >= 15 is 0 Å². The summed E-state index contributed by atoms with van der Waals surface area (Å²) in [5.74, 6) is 0. The maximum atomic E-state index is 12.2. The first kappa shape index (κ1) is 22.6. The molecule has 30 heavy (non-hydrogen) atoms. The number of hydrogen-bond donors (Lipinski definition) is 2. The third-order valence-electron chi connectivity index (χ3n) is 4.96. The van der Waals surface area contributed by atoms with Crippen LogP contribution in [0.4, 0.5) is 21.0 Å². The first-order chi connectivity index (χ1) is 14.2. The number of carbonyl (C=O) groups is 2. The molecule has 0 saturated carbocycles. The van der Waals surface area contributed by atoms with Crippen molar-refractivity contribution in [1.29, 1.82) is 0 Å². The zero-order valence-electron chi connectivity index (χ0n) is 16.7. The minimum Gasteiger partial charge on any atom is -0.441 e. The van der Waals surface area contributed by atoms with E-state index in [1.165, 1.54) is 23.3 Å². The maximum Gasteiger partial charge on any atom is 0.414 e. The van der Waals surface area contributed by atoms with Crippen molar-refractivity contribution < 1.29 is 27.6 Å². The van der Waals surface area contributed by atoms with Crippen molar-refractivity contribution in [3.8, 4) is 0 Å². The summed E-state index contributed by atoms with van der Waals surface area (Å²) in [6.07, 6.45) is -0.989. The molecule has 13 heteroatoms. The lowest BCUT2D eigenvalue weighted by Crippen LogP contribution is -2.51. The largest absolute Gasteiger partial charge is 0.441 e. The molecule has 3 rings (SSSR count). The van der Waals surface area contributed by atoms with Crippen LogP contribution in [0.15, 0.2) is 24.3 Å². The van der Waals surface area contributed by atoms with Crippen LogP contribution in [-0.2, 0) is 19.8 Å². The topological polar surface area (TPSA) is 112 Å². The van der Waals surface area contributed by atoms with Gasteiger partial charge in [-0.05, 0) is 24.3 Å². The van der Waals surface area contributed by atoms with E-state index in [4.69, 9.17) is 9.57 Å². The molecule has 11 nitrogen and oxygen atoms in total. The van der Waals surface area contributed by atoms with Crippen LogP contribution < -0.4 is 14.5 Å². The number of carbonyl (C=O) groups excluding carboxylic acids is 2. The van der Waals surface area contributed by atoms with Gasteiger partial charge in [0, 0.05) is 51.6 Å². The number of hydroxylamine groups is 2. The van der Waals surface area contributed by atoms with Crippen molar-refractivity contribution in [2.45, 2.75) is 6.10 Å². The zero-order valence-corrected chi connectivity index (χ0v) is 18.4. The van der Waals surface area contributed by atoms with Gasteiger partial charge in [0.25, 0.3) is 10.2 Å². The maximum absolute atomic E-state index is 12.2. The summed E-state index contributed by atoms with van der Waals surface area (Å²) in [5, 5.41) is 0.423. The molecule has 0 radical (unpaired) electrons. The van der Waals surface area contributed by atoms with Gasteiger partial charge in [-0.25, -0.2) is 14.6 Å². The second-order valence-corrected chi connectivity index (χ2v) is 9.06. The van der Waals surface area contributed by atoms with E-state index in [-0.39, 0.29) is 6.61 Å². The third-order valence-corrected chi connectivity index (χ3v) is 6.80. The normalized spacial score (nSPS) is 20.4. The Morgan fingerprint density at radius 3 is 2.40 bits per heavy atom. The van der Waals surface area contributed by atoms with Crippen molar-refractivity contribution >= 4 is 45.5 Å². The van der Waals surface area contributed by atoms with Crippen molar-refractivity contribution in [3.63, 3.8) is 0 Å². The summed E-state index contributed by atoms with van der Waals surface area (Å²) in [6, 6.07) is 7.42. The summed E-state index contributed by atoms with van der Waals surface area (Å²) in [4.78, 5) is 32.0. The fourth-order valence-corrected chi connectivity index (χ4v) is 4.19. The SMILES string of the molecule is CNS(=O)(=O)N1CCN(c2ccc(N3C[C@@H](CON(C)C(=O)S)OC3=O)cc2)CC1. The summed E-state index contributed by atoms with van der Waals surface area (Å²) in [6.45, 7) is 2.28. The number of anilines is 2. The average molecular weight is 460 g/mol. The molecule has 1 aromatic carbocycles. The predicted molar refractivity (Wildman–Crippen MR) is 114 cm³/mol. The van der Waals surface area contributed by atoms with E-state index in [9.17, 15) is 18.0 Å². The van der Waals surface area contributed by atoms with Gasteiger partial charge in [0.05, 0.1) is 6.54 Å². The van der Waals surface area contributed by atoms with Crippen molar-refractivity contribution in [2.75, 3.05) is 63.2 Å². The molecule has 2 heterocycles. The number of thiol groups is 1. The molecule has 2 saturated heterocycles. The Hall–Kier alpha value is -2.06. The second kappa shape index (κ2) is 9.39. The molecule has 0 bridgehead atoms. The highest BCUT2D eigenvalue weighted by molar-refractivity contribution is 7.96. The molecular formula is C17H25N5O6S2. The zero-order chi connectivity index (χ0) is 21.9. The Balaban J connectivity index is 1.56. The number of rotatable bonds is 7. The summed E-state index contributed by atoms with van der Waals surface area (Å²) < 4.78 is 32.8. The molecule has 0 spiro atoms. The van der Waals surface area contributed by atoms with Crippen LogP contribution in [0.25, 0.3) is 0 Å². The van der Waals surface area contributed by atoms with Crippen LogP contribution in [0, 0.1) is 0 Å². The number of cyclic esters (lactones) is 1. The van der Waals surface area contributed by atoms with Crippen molar-refractivity contribution in [3.05, 3.63) is 24.3 Å². The van der Waals surface area contributed by atoms with E-state index in [0.29, 0.717) is 38.4 Å². The molecule has 1 atom stereocenters. The number of hydrogen-bond acceptors (Lipinski definition) is 7. The van der Waals surface area contributed by atoms with Crippen LogP contribution in [0.3, 0.4) is 0 Å². The molecule has 166 valence electrons. The monoisotopic (exact) mass is 459 g/mol. The predicted octanol–water partition coefficient (Wildman–Crippen LogP) is 0.511. The molecule has 1 N–H and O–H groups in total. The highest BCUT2D eigenvalue weighted by Gasteiger charge is 2.33. The van der Waals surface area contributed by atoms with Gasteiger partial charge in [0.15, 0.2) is 0 Å². The minimum atomic E-state index is -3.41. The van der Waals surface area contributed by atoms with E-state index in [2.05, 4.69) is 22.3 Å². The quantitative estimate of drug-likeness (QED) is 0.451. The Bertz CT molecular complexity index is 873. The van der Waals surface area contributed by atoms with E-state index in [1.54, 1.807) is 0 Å². The number of nitrogens with zero attached hydrogens (tertiary/aromatic N) is 4. The Kier molecular flexibility index (Phi) is 7.08. The molecule has 0 unspecified atom stereocenters. The van der Waals surface area contributed by atoms with Crippen LogP contribution in [0.1, 0.15) is 0 Å². The number of benzene rings is 1. The number of nitrogens with one attached hydrogen (secondary N) is 1. The molecule has 0 aliphatic carbocycles. The van der Waals surface area contributed by atoms with Crippen molar-refractivity contribution in [1.82, 2.24) is 14.1 Å². The van der Waals surface area contributed by atoms with Gasteiger partial charge >= 0.3 is 11.3 Å². The first-order valence-electron chi connectivity index (χ1n) is 9.32. The van der Waals surface area contributed by atoms with Crippen LogP contribution in [0.2, 0.25) is 0 Å². The molecule has 2 aliphatic rings. The molecular weight excluding hydrogens is 434 g/mol. The van der Waals surface area contributed by atoms with E-state index < -0.39 is 27.6 Å². The lowest BCUT2D eigenvalue weighted by molar-refractivity contribution is -0.113. The van der Waals surface area contributed by atoms with Crippen LogP contribution >= 0.6 is 12.6 Å². The molecule has 0 aromatic heterocycles.